The summed E-state index contributed by atoms with van der Waals surface area (Å²) in [5, 5.41) is 0. The third kappa shape index (κ3) is 3.15. The lowest BCUT2D eigenvalue weighted by Gasteiger charge is -1.93. The Morgan fingerprint density at radius 1 is 1.42 bits per heavy atom. The highest BCUT2D eigenvalue weighted by Gasteiger charge is 1.84. The fourth-order valence-corrected chi connectivity index (χ4v) is 0.858. The molecule has 1 aliphatic rings. The topological polar surface area (TPSA) is 12.4 Å². The Morgan fingerprint density at radius 2 is 2.25 bits per heavy atom. The molecule has 0 fully saturated rings. The number of hydrogen-bond acceptors (Lipinski definition) is 1. The van der Waals surface area contributed by atoms with E-state index in [1.54, 1.807) is 0 Å². The maximum absolute atomic E-state index is 4.16. The second kappa shape index (κ2) is 4.50. The zero-order chi connectivity index (χ0) is 8.81. The maximum atomic E-state index is 4.16. The van der Waals surface area contributed by atoms with Crippen molar-refractivity contribution in [1.29, 1.82) is 0 Å². The van der Waals surface area contributed by atoms with Gasteiger partial charge in [0.15, 0.2) is 0 Å². The van der Waals surface area contributed by atoms with E-state index in [1.807, 2.05) is 31.4 Å². The standard InChI is InChI=1S/C11H13N/c1-10-7-5-3-4-6-8-11(2)12-9-10/h3-4,6-9H,2,5H2,1H3/b4-3-,8-6-,10-7-,12-9?. The number of allylic oxidation sites excluding steroid dienone is 6. The fraction of sp³-hybridized carbons (Fsp3) is 0.182. The van der Waals surface area contributed by atoms with Gasteiger partial charge in [-0.2, -0.15) is 0 Å². The van der Waals surface area contributed by atoms with E-state index in [2.05, 4.69) is 23.7 Å². The number of aliphatic imine (C=N–C) groups is 1. The first-order chi connectivity index (χ1) is 5.79. The van der Waals surface area contributed by atoms with Gasteiger partial charge in [-0.25, -0.2) is 0 Å². The highest BCUT2D eigenvalue weighted by molar-refractivity contribution is 5.78. The first-order valence-electron chi connectivity index (χ1n) is 4.02. The molecule has 0 saturated carbocycles. The first-order valence-corrected chi connectivity index (χ1v) is 4.02. The molecule has 0 atom stereocenters. The maximum Gasteiger partial charge on any atom is 0.0557 e. The molecule has 1 rings (SSSR count). The Bertz CT molecular complexity index is 273. The Kier molecular flexibility index (Phi) is 3.27. The minimum atomic E-state index is 0.786. The predicted molar refractivity (Wildman–Crippen MR) is 54.3 cm³/mol. The molecular formula is C11H13N. The third-order valence-electron chi connectivity index (χ3n) is 1.55. The fourth-order valence-electron chi connectivity index (χ4n) is 0.858. The van der Waals surface area contributed by atoms with E-state index in [0.717, 1.165) is 12.1 Å². The normalized spacial score (nSPS) is 27.4. The van der Waals surface area contributed by atoms with E-state index in [0.29, 0.717) is 0 Å². The van der Waals surface area contributed by atoms with Gasteiger partial charge in [0.25, 0.3) is 0 Å². The van der Waals surface area contributed by atoms with Crippen LogP contribution in [-0.4, -0.2) is 6.21 Å². The van der Waals surface area contributed by atoms with E-state index in [-0.39, 0.29) is 0 Å². The van der Waals surface area contributed by atoms with Gasteiger partial charge in [0, 0.05) is 6.21 Å². The van der Waals surface area contributed by atoms with Gasteiger partial charge in [-0.05, 0) is 25.0 Å². The van der Waals surface area contributed by atoms with Crippen molar-refractivity contribution in [1.82, 2.24) is 0 Å². The van der Waals surface area contributed by atoms with Crippen LogP contribution in [-0.2, 0) is 0 Å². The molecule has 0 radical (unpaired) electrons. The molecule has 0 spiro atoms. The molecular weight excluding hydrogens is 146 g/mol. The monoisotopic (exact) mass is 159 g/mol. The average Bonchev–Trinajstić information content (AvgIpc) is 2.07. The Labute approximate surface area is 73.5 Å². The van der Waals surface area contributed by atoms with Crippen molar-refractivity contribution in [3.63, 3.8) is 0 Å². The Hall–Kier alpha value is -1.37. The summed E-state index contributed by atoms with van der Waals surface area (Å²) in [7, 11) is 0. The van der Waals surface area contributed by atoms with Gasteiger partial charge in [0.1, 0.15) is 0 Å². The second-order valence-corrected chi connectivity index (χ2v) is 2.72. The lowest BCUT2D eigenvalue weighted by Crippen LogP contribution is -1.79. The van der Waals surface area contributed by atoms with Crippen LogP contribution in [0.3, 0.4) is 0 Å². The van der Waals surface area contributed by atoms with Gasteiger partial charge in [-0.15, -0.1) is 0 Å². The van der Waals surface area contributed by atoms with Gasteiger partial charge in [-0.3, -0.25) is 4.99 Å². The van der Waals surface area contributed by atoms with Gasteiger partial charge >= 0.3 is 0 Å². The largest absolute Gasteiger partial charge is 0.257 e. The molecule has 1 nitrogen and oxygen atoms in total. The van der Waals surface area contributed by atoms with Gasteiger partial charge in [0.05, 0.1) is 5.70 Å². The van der Waals surface area contributed by atoms with Crippen molar-refractivity contribution >= 4 is 6.21 Å². The lowest BCUT2D eigenvalue weighted by atomic mass is 10.2. The smallest absolute Gasteiger partial charge is 0.0557 e. The molecule has 0 amide bonds. The number of rotatable bonds is 0. The molecule has 0 aromatic rings. The van der Waals surface area contributed by atoms with Gasteiger partial charge < -0.3 is 0 Å². The van der Waals surface area contributed by atoms with Crippen LogP contribution in [0.4, 0.5) is 0 Å². The molecule has 0 bridgehead atoms. The van der Waals surface area contributed by atoms with Gasteiger partial charge in [0.2, 0.25) is 0 Å². The van der Waals surface area contributed by atoms with Crippen LogP contribution in [0.25, 0.3) is 0 Å². The highest BCUT2D eigenvalue weighted by atomic mass is 14.7. The quantitative estimate of drug-likeness (QED) is 0.515. The molecule has 1 heteroatoms. The molecule has 1 aliphatic heterocycles. The van der Waals surface area contributed by atoms with Crippen LogP contribution < -0.4 is 0 Å². The van der Waals surface area contributed by atoms with E-state index in [9.17, 15) is 0 Å². The van der Waals surface area contributed by atoms with Crippen molar-refractivity contribution < 1.29 is 0 Å². The summed E-state index contributed by atoms with van der Waals surface area (Å²) in [5.74, 6) is 0. The Morgan fingerprint density at radius 3 is 3.08 bits per heavy atom. The van der Waals surface area contributed by atoms with Crippen LogP contribution >= 0.6 is 0 Å². The van der Waals surface area contributed by atoms with Crippen LogP contribution in [0, 0.1) is 0 Å². The molecule has 0 aliphatic carbocycles. The average molecular weight is 159 g/mol. The van der Waals surface area contributed by atoms with E-state index in [4.69, 9.17) is 0 Å². The lowest BCUT2D eigenvalue weighted by molar-refractivity contribution is 1.33. The molecule has 1 heterocycles. The van der Waals surface area contributed by atoms with Crippen LogP contribution in [0.5, 0.6) is 0 Å². The van der Waals surface area contributed by atoms with Crippen LogP contribution in [0.15, 0.2) is 53.2 Å². The van der Waals surface area contributed by atoms with Crippen molar-refractivity contribution in [3.8, 4) is 0 Å². The van der Waals surface area contributed by atoms with Crippen molar-refractivity contribution in [2.24, 2.45) is 4.99 Å². The summed E-state index contributed by atoms with van der Waals surface area (Å²) in [4.78, 5) is 4.16. The summed E-state index contributed by atoms with van der Waals surface area (Å²) >= 11 is 0. The zero-order valence-corrected chi connectivity index (χ0v) is 7.33. The predicted octanol–water partition coefficient (Wildman–Crippen LogP) is 3.03. The zero-order valence-electron chi connectivity index (χ0n) is 7.33. The Balaban J connectivity index is 2.80. The first kappa shape index (κ1) is 8.72. The summed E-state index contributed by atoms with van der Waals surface area (Å²) in [6.07, 6.45) is 12.9. The third-order valence-corrected chi connectivity index (χ3v) is 1.55. The summed E-state index contributed by atoms with van der Waals surface area (Å²) in [6, 6.07) is 0. The van der Waals surface area contributed by atoms with Crippen LogP contribution in [0.2, 0.25) is 0 Å². The molecule has 62 valence electrons. The van der Waals surface area contributed by atoms with Crippen molar-refractivity contribution in [2.75, 3.05) is 0 Å². The molecule has 0 N–H and O–H groups in total. The summed E-state index contributed by atoms with van der Waals surface area (Å²) < 4.78 is 0. The van der Waals surface area contributed by atoms with E-state index < -0.39 is 0 Å². The van der Waals surface area contributed by atoms with Gasteiger partial charge in [-0.1, -0.05) is 30.9 Å². The van der Waals surface area contributed by atoms with Crippen molar-refractivity contribution in [3.05, 3.63) is 48.2 Å². The second-order valence-electron chi connectivity index (χ2n) is 2.72. The molecule has 12 heavy (non-hydrogen) atoms. The van der Waals surface area contributed by atoms with E-state index in [1.165, 1.54) is 5.57 Å². The molecule has 0 saturated heterocycles. The number of hydrogen-bond donors (Lipinski definition) is 0. The van der Waals surface area contributed by atoms with Crippen LogP contribution in [0.1, 0.15) is 13.3 Å². The molecule has 0 aromatic heterocycles. The number of nitrogens with zero attached hydrogens (tertiary/aromatic N) is 1. The summed E-state index contributed by atoms with van der Waals surface area (Å²) in [6.45, 7) is 5.81. The minimum Gasteiger partial charge on any atom is -0.257 e. The van der Waals surface area contributed by atoms with Crippen molar-refractivity contribution in [2.45, 2.75) is 13.3 Å². The summed E-state index contributed by atoms with van der Waals surface area (Å²) in [5.41, 5.74) is 1.96. The SMILES string of the molecule is C=C1/C=C\C=C/C/C=C(/C)C=N1. The molecule has 0 unspecified atom stereocenters. The molecule has 0 aromatic carbocycles. The highest BCUT2D eigenvalue weighted by Crippen LogP contribution is 2.01. The van der Waals surface area contributed by atoms with E-state index >= 15 is 0 Å². The minimum absolute atomic E-state index is 0.786.